The summed E-state index contributed by atoms with van der Waals surface area (Å²) in [6.45, 7) is 4.44. The molecule has 0 bridgehead atoms. The molecule has 2 aromatic carbocycles. The molecule has 1 heteroatoms. The molecule has 2 rings (SSSR count). The van der Waals surface area contributed by atoms with Gasteiger partial charge in [-0.15, -0.1) is 0 Å². The first-order valence-corrected chi connectivity index (χ1v) is 9.30. The molecular formula is C15H17As. The third-order valence-electron chi connectivity index (χ3n) is 2.95. The Balaban J connectivity index is 2.44. The topological polar surface area (TPSA) is 0 Å². The fourth-order valence-corrected chi connectivity index (χ4v) is 6.39. The van der Waals surface area contributed by atoms with Gasteiger partial charge in [-0.25, -0.2) is 0 Å². The van der Waals surface area contributed by atoms with Crippen molar-refractivity contribution in [2.75, 3.05) is 0 Å². The van der Waals surface area contributed by atoms with Crippen LogP contribution >= 0.6 is 0 Å². The second kappa shape index (κ2) is 4.89. The zero-order valence-corrected chi connectivity index (χ0v) is 11.9. The summed E-state index contributed by atoms with van der Waals surface area (Å²) >= 11 is -1.07. The summed E-state index contributed by atoms with van der Waals surface area (Å²) < 4.78 is 3.15. The molecule has 82 valence electrons. The normalized spacial score (nSPS) is 10.8. The summed E-state index contributed by atoms with van der Waals surface area (Å²) in [7, 11) is 0. The van der Waals surface area contributed by atoms with Crippen molar-refractivity contribution in [2.45, 2.75) is 19.6 Å². The van der Waals surface area contributed by atoms with Crippen LogP contribution in [0.1, 0.15) is 11.1 Å². The van der Waals surface area contributed by atoms with E-state index in [2.05, 4.69) is 68.1 Å². The average molecular weight is 272 g/mol. The first-order chi connectivity index (χ1) is 7.70. The van der Waals surface area contributed by atoms with Crippen LogP contribution in [0.15, 0.2) is 48.5 Å². The van der Waals surface area contributed by atoms with Crippen LogP contribution in [-0.4, -0.2) is 14.7 Å². The van der Waals surface area contributed by atoms with Crippen LogP contribution in [0.5, 0.6) is 0 Å². The number of hydrogen-bond acceptors (Lipinski definition) is 0. The summed E-state index contributed by atoms with van der Waals surface area (Å²) in [5, 5.41) is 0. The molecule has 16 heavy (non-hydrogen) atoms. The van der Waals surface area contributed by atoms with Gasteiger partial charge in [-0.2, -0.15) is 0 Å². The van der Waals surface area contributed by atoms with E-state index in [9.17, 15) is 0 Å². The molecule has 0 radical (unpaired) electrons. The van der Waals surface area contributed by atoms with Gasteiger partial charge in [0.15, 0.2) is 0 Å². The molecule has 0 fully saturated rings. The van der Waals surface area contributed by atoms with Crippen molar-refractivity contribution in [2.24, 2.45) is 0 Å². The Morgan fingerprint density at radius 3 is 1.44 bits per heavy atom. The molecule has 0 aliphatic heterocycles. The molecule has 0 amide bonds. The second-order valence-electron chi connectivity index (χ2n) is 4.13. The van der Waals surface area contributed by atoms with Gasteiger partial charge in [0, 0.05) is 0 Å². The number of rotatable bonds is 2. The number of aryl methyl sites for hydroxylation is 2. The Morgan fingerprint density at radius 1 is 0.688 bits per heavy atom. The minimum absolute atomic E-state index is 1.07. The van der Waals surface area contributed by atoms with Crippen LogP contribution in [0.25, 0.3) is 0 Å². The van der Waals surface area contributed by atoms with Gasteiger partial charge in [0.25, 0.3) is 0 Å². The summed E-state index contributed by atoms with van der Waals surface area (Å²) in [5.41, 5.74) is 5.30. The summed E-state index contributed by atoms with van der Waals surface area (Å²) in [4.78, 5) is 0. The third kappa shape index (κ3) is 2.23. The van der Waals surface area contributed by atoms with E-state index in [0.717, 1.165) is 0 Å². The van der Waals surface area contributed by atoms with Crippen molar-refractivity contribution in [3.63, 3.8) is 0 Å². The Hall–Kier alpha value is -1.00. The van der Waals surface area contributed by atoms with E-state index >= 15 is 0 Å². The second-order valence-corrected chi connectivity index (χ2v) is 8.50. The SMILES string of the molecule is Cc1ccccc1[As](C)c1ccccc1C. The Bertz CT molecular complexity index is 443. The molecule has 0 saturated heterocycles. The maximum absolute atomic E-state index is 2.43. The van der Waals surface area contributed by atoms with E-state index in [-0.39, 0.29) is 0 Å². The Labute approximate surface area is 103 Å². The molecule has 0 aliphatic carbocycles. The fourth-order valence-electron chi connectivity index (χ4n) is 2.01. The van der Waals surface area contributed by atoms with Gasteiger partial charge in [0.2, 0.25) is 0 Å². The molecule has 0 atom stereocenters. The summed E-state index contributed by atoms with van der Waals surface area (Å²) in [5.74, 6) is 0. The number of benzene rings is 2. The standard InChI is InChI=1S/C15H17As/c1-12-8-4-6-10-14(12)16(3)15-11-7-5-9-13(15)2/h4-11H,1-3H3. The van der Waals surface area contributed by atoms with Crippen LogP contribution in [0.2, 0.25) is 5.71 Å². The van der Waals surface area contributed by atoms with Crippen LogP contribution in [0.4, 0.5) is 0 Å². The quantitative estimate of drug-likeness (QED) is 0.737. The van der Waals surface area contributed by atoms with Gasteiger partial charge < -0.3 is 0 Å². The van der Waals surface area contributed by atoms with Gasteiger partial charge in [-0.3, -0.25) is 0 Å². The van der Waals surface area contributed by atoms with Crippen LogP contribution in [0, 0.1) is 13.8 Å². The van der Waals surface area contributed by atoms with Crippen LogP contribution < -0.4 is 8.70 Å². The minimum atomic E-state index is -1.07. The molecule has 0 saturated carbocycles. The zero-order valence-electron chi connectivity index (χ0n) is 10.1. The van der Waals surface area contributed by atoms with Gasteiger partial charge in [0.1, 0.15) is 0 Å². The molecule has 2 aromatic rings. The van der Waals surface area contributed by atoms with Crippen LogP contribution in [-0.2, 0) is 0 Å². The van der Waals surface area contributed by atoms with Crippen LogP contribution in [0.3, 0.4) is 0 Å². The first-order valence-electron chi connectivity index (χ1n) is 5.55. The van der Waals surface area contributed by atoms with E-state index in [0.29, 0.717) is 0 Å². The zero-order chi connectivity index (χ0) is 11.5. The predicted octanol–water partition coefficient (Wildman–Crippen LogP) is 2.54. The fraction of sp³-hybridized carbons (Fsp3) is 0.200. The number of hydrogen-bond donors (Lipinski definition) is 0. The monoisotopic (exact) mass is 272 g/mol. The third-order valence-corrected chi connectivity index (χ3v) is 8.09. The van der Waals surface area contributed by atoms with E-state index in [1.54, 1.807) is 8.70 Å². The molecule has 0 nitrogen and oxygen atoms in total. The molecule has 0 aliphatic rings. The van der Waals surface area contributed by atoms with E-state index in [1.807, 2.05) is 0 Å². The molecule has 0 unspecified atom stereocenters. The van der Waals surface area contributed by atoms with E-state index < -0.39 is 14.7 Å². The van der Waals surface area contributed by atoms with E-state index in [1.165, 1.54) is 11.1 Å². The summed E-state index contributed by atoms with van der Waals surface area (Å²) in [6, 6.07) is 17.6. The molecular weight excluding hydrogens is 255 g/mol. The van der Waals surface area contributed by atoms with Gasteiger partial charge in [-0.1, -0.05) is 0 Å². The van der Waals surface area contributed by atoms with Crippen molar-refractivity contribution in [3.05, 3.63) is 59.7 Å². The molecule has 0 heterocycles. The predicted molar refractivity (Wildman–Crippen MR) is 73.2 cm³/mol. The first kappa shape index (κ1) is 11.5. The average Bonchev–Trinajstić information content (AvgIpc) is 2.29. The molecule has 0 aromatic heterocycles. The summed E-state index contributed by atoms with van der Waals surface area (Å²) in [6.07, 6.45) is 0. The Kier molecular flexibility index (Phi) is 3.51. The Morgan fingerprint density at radius 2 is 1.06 bits per heavy atom. The maximum atomic E-state index is 2.43. The van der Waals surface area contributed by atoms with Crippen molar-refractivity contribution in [1.29, 1.82) is 0 Å². The molecule has 0 N–H and O–H groups in total. The van der Waals surface area contributed by atoms with Gasteiger partial charge in [-0.05, 0) is 0 Å². The van der Waals surface area contributed by atoms with E-state index in [4.69, 9.17) is 0 Å². The van der Waals surface area contributed by atoms with Crippen molar-refractivity contribution >= 4 is 23.4 Å². The van der Waals surface area contributed by atoms with Crippen molar-refractivity contribution in [1.82, 2.24) is 0 Å². The van der Waals surface area contributed by atoms with Crippen molar-refractivity contribution in [3.8, 4) is 0 Å². The van der Waals surface area contributed by atoms with Crippen molar-refractivity contribution < 1.29 is 0 Å². The molecule has 0 spiro atoms. The van der Waals surface area contributed by atoms with Gasteiger partial charge >= 0.3 is 103 Å². The van der Waals surface area contributed by atoms with Gasteiger partial charge in [0.05, 0.1) is 0 Å².